The molecule has 0 saturated carbocycles. The van der Waals surface area contributed by atoms with Crippen molar-refractivity contribution in [2.75, 3.05) is 18.9 Å². The van der Waals surface area contributed by atoms with Gasteiger partial charge in [0.2, 0.25) is 0 Å². The van der Waals surface area contributed by atoms with E-state index in [9.17, 15) is 0 Å². The molecule has 1 N–H and O–H groups in total. The minimum atomic E-state index is 0.349. The third-order valence-electron chi connectivity index (χ3n) is 3.53. The minimum absolute atomic E-state index is 0.349. The van der Waals surface area contributed by atoms with Crippen molar-refractivity contribution in [1.29, 1.82) is 0 Å². The Labute approximate surface area is 97.9 Å². The van der Waals surface area contributed by atoms with Crippen LogP contribution >= 0.6 is 0 Å². The van der Waals surface area contributed by atoms with Crippen LogP contribution in [-0.4, -0.2) is 29.0 Å². The average Bonchev–Trinajstić information content (AvgIpc) is 2.59. The number of hydrogen-bond donors (Lipinski definition) is 1. The van der Waals surface area contributed by atoms with Gasteiger partial charge in [-0.15, -0.1) is 0 Å². The lowest BCUT2D eigenvalue weighted by molar-refractivity contribution is 0.166. The highest BCUT2D eigenvalue weighted by atomic mass is 15.2. The molecule has 1 aliphatic rings. The zero-order valence-electron chi connectivity index (χ0n) is 10.5. The van der Waals surface area contributed by atoms with Crippen LogP contribution < -0.4 is 5.32 Å². The van der Waals surface area contributed by atoms with Gasteiger partial charge in [0.25, 0.3) is 0 Å². The van der Waals surface area contributed by atoms with Crippen molar-refractivity contribution in [3.8, 4) is 0 Å². The van der Waals surface area contributed by atoms with E-state index in [1.54, 1.807) is 0 Å². The highest BCUT2D eigenvalue weighted by Gasteiger charge is 2.31. The van der Waals surface area contributed by atoms with Gasteiger partial charge in [0, 0.05) is 25.3 Å². The van der Waals surface area contributed by atoms with E-state index < -0.39 is 0 Å². The Hall–Kier alpha value is -1.09. The Kier molecular flexibility index (Phi) is 3.15. The third kappa shape index (κ3) is 2.35. The number of likely N-dealkylation sites (tertiary alicyclic amines) is 1. The molecule has 0 aromatic carbocycles. The first-order chi connectivity index (χ1) is 7.62. The van der Waals surface area contributed by atoms with Gasteiger partial charge in [0.1, 0.15) is 5.82 Å². The summed E-state index contributed by atoms with van der Waals surface area (Å²) in [5.74, 6) is 0.935. The summed E-state index contributed by atoms with van der Waals surface area (Å²) in [5.41, 5.74) is 1.65. The predicted octanol–water partition coefficient (Wildman–Crippen LogP) is 2.50. The molecule has 1 aliphatic heterocycles. The molecule has 0 radical (unpaired) electrons. The second-order valence-electron chi connectivity index (χ2n) is 5.14. The number of anilines is 1. The molecule has 3 nitrogen and oxygen atoms in total. The fraction of sp³-hybridized carbons (Fsp3) is 0.615. The predicted molar refractivity (Wildman–Crippen MR) is 67.5 cm³/mol. The molecule has 1 saturated heterocycles. The second-order valence-corrected chi connectivity index (χ2v) is 5.14. The van der Waals surface area contributed by atoms with Crippen LogP contribution in [0.1, 0.15) is 32.3 Å². The first-order valence-corrected chi connectivity index (χ1v) is 5.99. The van der Waals surface area contributed by atoms with Crippen LogP contribution in [0.15, 0.2) is 18.3 Å². The van der Waals surface area contributed by atoms with Gasteiger partial charge in [-0.05, 0) is 44.9 Å². The first kappa shape index (κ1) is 11.4. The molecule has 0 bridgehead atoms. The van der Waals surface area contributed by atoms with Crippen LogP contribution in [0.2, 0.25) is 0 Å². The number of pyridine rings is 1. The molecule has 1 fully saturated rings. The molecule has 3 heteroatoms. The topological polar surface area (TPSA) is 28.2 Å². The fourth-order valence-corrected chi connectivity index (χ4v) is 2.34. The lowest BCUT2D eigenvalue weighted by atomic mass is 10.0. The zero-order chi connectivity index (χ0) is 11.6. The van der Waals surface area contributed by atoms with E-state index in [0.717, 1.165) is 12.4 Å². The van der Waals surface area contributed by atoms with Crippen molar-refractivity contribution >= 4 is 5.82 Å². The van der Waals surface area contributed by atoms with Gasteiger partial charge in [-0.25, -0.2) is 4.98 Å². The Morgan fingerprint density at radius 1 is 1.44 bits per heavy atom. The first-order valence-electron chi connectivity index (χ1n) is 5.99. The van der Waals surface area contributed by atoms with Crippen LogP contribution in [0, 0.1) is 0 Å². The molecule has 2 rings (SSSR count). The Bertz CT molecular complexity index is 343. The lowest BCUT2D eigenvalue weighted by Gasteiger charge is -2.31. The van der Waals surface area contributed by atoms with E-state index in [4.69, 9.17) is 0 Å². The molecule has 88 valence electrons. The van der Waals surface area contributed by atoms with Crippen molar-refractivity contribution in [2.45, 2.75) is 38.8 Å². The normalized spacial score (nSPS) is 19.9. The van der Waals surface area contributed by atoms with Gasteiger partial charge in [-0.1, -0.05) is 6.07 Å². The molecule has 0 aliphatic carbocycles. The van der Waals surface area contributed by atoms with E-state index >= 15 is 0 Å². The summed E-state index contributed by atoms with van der Waals surface area (Å²) in [6.45, 7) is 6.88. The number of hydrogen-bond acceptors (Lipinski definition) is 3. The molecule has 0 unspecified atom stereocenters. The van der Waals surface area contributed by atoms with E-state index in [2.05, 4.69) is 35.1 Å². The van der Waals surface area contributed by atoms with Crippen LogP contribution in [0.25, 0.3) is 0 Å². The number of nitrogens with one attached hydrogen (secondary N) is 1. The summed E-state index contributed by atoms with van der Waals surface area (Å²) < 4.78 is 0. The molecule has 2 heterocycles. The Balaban J connectivity index is 2.03. The van der Waals surface area contributed by atoms with Gasteiger partial charge in [-0.2, -0.15) is 0 Å². The van der Waals surface area contributed by atoms with Crippen LogP contribution in [0.5, 0.6) is 0 Å². The van der Waals surface area contributed by atoms with Gasteiger partial charge in [0.15, 0.2) is 0 Å². The quantitative estimate of drug-likeness (QED) is 0.846. The monoisotopic (exact) mass is 219 g/mol. The molecule has 0 atom stereocenters. The summed E-state index contributed by atoms with van der Waals surface area (Å²) in [7, 11) is 1.89. The van der Waals surface area contributed by atoms with E-state index in [-0.39, 0.29) is 0 Å². The second kappa shape index (κ2) is 4.42. The number of rotatable bonds is 3. The van der Waals surface area contributed by atoms with Crippen LogP contribution in [0.3, 0.4) is 0 Å². The lowest BCUT2D eigenvalue weighted by Crippen LogP contribution is -2.37. The smallest absolute Gasteiger partial charge is 0.125 e. The summed E-state index contributed by atoms with van der Waals surface area (Å²) in [6.07, 6.45) is 4.59. The minimum Gasteiger partial charge on any atom is -0.373 e. The molecule has 1 aromatic heterocycles. The average molecular weight is 219 g/mol. The molecule has 0 spiro atoms. The summed E-state index contributed by atoms with van der Waals surface area (Å²) in [4.78, 5) is 6.89. The van der Waals surface area contributed by atoms with Gasteiger partial charge < -0.3 is 5.32 Å². The molecule has 1 aromatic rings. The Morgan fingerprint density at radius 3 is 2.75 bits per heavy atom. The molecule has 16 heavy (non-hydrogen) atoms. The molecule has 0 amide bonds. The summed E-state index contributed by atoms with van der Waals surface area (Å²) in [5, 5.41) is 3.04. The molecular formula is C13H21N3. The number of nitrogens with zero attached hydrogens (tertiary/aromatic N) is 2. The summed E-state index contributed by atoms with van der Waals surface area (Å²) >= 11 is 0. The number of aromatic nitrogens is 1. The van der Waals surface area contributed by atoms with Crippen molar-refractivity contribution in [2.24, 2.45) is 0 Å². The van der Waals surface area contributed by atoms with Crippen LogP contribution in [0.4, 0.5) is 5.82 Å². The highest BCUT2D eigenvalue weighted by molar-refractivity contribution is 5.34. The highest BCUT2D eigenvalue weighted by Crippen LogP contribution is 2.29. The third-order valence-corrected chi connectivity index (χ3v) is 3.53. The Morgan fingerprint density at radius 2 is 2.25 bits per heavy atom. The fourth-order valence-electron chi connectivity index (χ4n) is 2.34. The van der Waals surface area contributed by atoms with Crippen molar-refractivity contribution in [3.63, 3.8) is 0 Å². The maximum atomic E-state index is 4.35. The largest absolute Gasteiger partial charge is 0.373 e. The van der Waals surface area contributed by atoms with Gasteiger partial charge >= 0.3 is 0 Å². The van der Waals surface area contributed by atoms with E-state index in [1.807, 2.05) is 19.3 Å². The van der Waals surface area contributed by atoms with Crippen LogP contribution in [-0.2, 0) is 6.54 Å². The van der Waals surface area contributed by atoms with E-state index in [0.29, 0.717) is 5.54 Å². The maximum absolute atomic E-state index is 4.35. The van der Waals surface area contributed by atoms with Crippen molar-refractivity contribution in [1.82, 2.24) is 9.88 Å². The van der Waals surface area contributed by atoms with Crippen molar-refractivity contribution in [3.05, 3.63) is 23.9 Å². The van der Waals surface area contributed by atoms with Gasteiger partial charge in [0.05, 0.1) is 0 Å². The standard InChI is InChI=1S/C13H21N3/c1-13(2)7-4-8-16(13)10-11-5-6-12(14-3)15-9-11/h5-6,9H,4,7-8,10H2,1-3H3,(H,14,15). The summed E-state index contributed by atoms with van der Waals surface area (Å²) in [6, 6.07) is 4.20. The van der Waals surface area contributed by atoms with Crippen molar-refractivity contribution < 1.29 is 0 Å². The maximum Gasteiger partial charge on any atom is 0.125 e. The van der Waals surface area contributed by atoms with E-state index in [1.165, 1.54) is 24.9 Å². The zero-order valence-corrected chi connectivity index (χ0v) is 10.5. The SMILES string of the molecule is CNc1ccc(CN2CCCC2(C)C)cn1. The molecular weight excluding hydrogens is 198 g/mol. The van der Waals surface area contributed by atoms with Gasteiger partial charge in [-0.3, -0.25) is 4.90 Å².